The molecule has 488 valence electrons. The van der Waals surface area contributed by atoms with E-state index in [0.717, 1.165) is 81.8 Å². The molecule has 0 spiro atoms. The lowest BCUT2D eigenvalue weighted by Gasteiger charge is -2.50. The molecule has 2 unspecified atom stereocenters. The van der Waals surface area contributed by atoms with Gasteiger partial charge in [-0.1, -0.05) is 34.6 Å². The predicted octanol–water partition coefficient (Wildman–Crippen LogP) is 4.16. The summed E-state index contributed by atoms with van der Waals surface area (Å²) in [7, 11) is -9.92. The summed E-state index contributed by atoms with van der Waals surface area (Å²) in [5, 5.41) is 50.3. The third-order valence-corrected chi connectivity index (χ3v) is 16.1. The zero-order chi connectivity index (χ0) is 66.1. The second kappa shape index (κ2) is 28.3. The quantitative estimate of drug-likeness (QED) is 0.0136. The minimum absolute atomic E-state index is 0.0812. The number of benzene rings is 2. The highest BCUT2D eigenvalue weighted by molar-refractivity contribution is 7.81. The first-order valence-corrected chi connectivity index (χ1v) is 32.2. The summed E-state index contributed by atoms with van der Waals surface area (Å²) >= 11 is 2.11. The van der Waals surface area contributed by atoms with Gasteiger partial charge in [0.25, 0.3) is 11.8 Å². The molecule has 36 nitrogen and oxygen atoms in total. The van der Waals surface area contributed by atoms with Crippen LogP contribution < -0.4 is 31.6 Å². The number of β-lactam (4-membered cyclic amide) rings is 2. The average molecular weight is 1350 g/mol. The van der Waals surface area contributed by atoms with Crippen LogP contribution in [0.3, 0.4) is 0 Å². The molecule has 10 N–H and O–H groups in total. The maximum Gasteiger partial charge on any atom is 0.418 e. The summed E-state index contributed by atoms with van der Waals surface area (Å²) in [5.74, 6) is -2.30. The fourth-order valence-corrected chi connectivity index (χ4v) is 11.3. The van der Waals surface area contributed by atoms with Crippen LogP contribution in [0.5, 0.6) is 11.5 Å². The number of nitrogens with two attached hydrogens (primary N) is 2. The van der Waals surface area contributed by atoms with Crippen molar-refractivity contribution in [1.29, 1.82) is 0 Å². The van der Waals surface area contributed by atoms with Crippen LogP contribution in [-0.2, 0) is 58.2 Å². The lowest BCUT2D eigenvalue weighted by atomic mass is 9.74. The number of aromatic nitrogens is 12. The van der Waals surface area contributed by atoms with E-state index in [1.165, 1.54) is 38.5 Å². The van der Waals surface area contributed by atoms with Crippen LogP contribution in [0.1, 0.15) is 102 Å². The highest BCUT2D eigenvalue weighted by Gasteiger charge is 2.59. The molecule has 0 saturated carbocycles. The Hall–Kier alpha value is -9.58. The third kappa shape index (κ3) is 15.9. The molecular formula is C52H60N20O16S4. The number of Topliss-reactive ketones (excluding diaryl/α,β-unsaturated/α-hetero) is 2. The van der Waals surface area contributed by atoms with E-state index in [4.69, 9.17) is 39.7 Å². The molecule has 2 fully saturated rings. The molecule has 0 bridgehead atoms. The normalized spacial score (nSPS) is 17.0. The van der Waals surface area contributed by atoms with Gasteiger partial charge in [-0.3, -0.25) is 28.3 Å². The number of nitrogens with one attached hydrogen (secondary N) is 4. The topological polar surface area (TPSA) is 500 Å². The Morgan fingerprint density at radius 3 is 1.39 bits per heavy atom. The fraction of sp³-hybridized carbons (Fsp3) is 0.385. The SMILES string of the molecule is CCCNc1nccc2cc(OC[C@@H](O/N=C(\C(=O)CC3C(=O)N(OS(=O)(=O)O)C3(C)C)c3csc(N)n3)c3nn[nH]n3)ccc12.CCCNc1nccc2cc(OC[C@H](O/N=C(\C(=O)CC3C(=O)N(OS(=O)(=O)O)C3(C)C)c3csc(N)n3)c3nn[nH]n3)ccc12. The van der Waals surface area contributed by atoms with Crippen LogP contribution in [0.15, 0.2) is 82.0 Å². The summed E-state index contributed by atoms with van der Waals surface area (Å²) < 4.78 is 83.5. The number of pyridine rings is 2. The molecule has 10 rings (SSSR count). The molecule has 2 aliphatic heterocycles. The second-order valence-corrected chi connectivity index (χ2v) is 25.0. The monoisotopic (exact) mass is 1350 g/mol. The Morgan fingerprint density at radius 1 is 0.663 bits per heavy atom. The summed E-state index contributed by atoms with van der Waals surface area (Å²) in [6.45, 7) is 11.3. The molecule has 92 heavy (non-hydrogen) atoms. The van der Waals surface area contributed by atoms with Crippen molar-refractivity contribution in [3.05, 3.63) is 94.7 Å². The Balaban J connectivity index is 0.000000217. The minimum atomic E-state index is -4.96. The number of anilines is 4. The van der Waals surface area contributed by atoms with Gasteiger partial charge in [-0.15, -0.1) is 51.6 Å². The Kier molecular flexibility index (Phi) is 20.6. The van der Waals surface area contributed by atoms with E-state index < -0.39 is 92.1 Å². The van der Waals surface area contributed by atoms with Crippen molar-refractivity contribution < 1.29 is 72.8 Å². The van der Waals surface area contributed by atoms with Crippen LogP contribution >= 0.6 is 22.7 Å². The number of nitrogens with zero attached hydrogens (tertiary/aromatic N) is 14. The number of tetrazole rings is 2. The molecule has 2 saturated heterocycles. The molecule has 0 aliphatic carbocycles. The van der Waals surface area contributed by atoms with Crippen LogP contribution in [0.25, 0.3) is 21.5 Å². The van der Waals surface area contributed by atoms with Gasteiger partial charge in [0.1, 0.15) is 47.7 Å². The zero-order valence-electron chi connectivity index (χ0n) is 49.6. The number of carbonyl (C=O) groups is 4. The summed E-state index contributed by atoms with van der Waals surface area (Å²) in [6.07, 6.45) is 2.37. The molecule has 2 aromatic carbocycles. The van der Waals surface area contributed by atoms with Crippen molar-refractivity contribution in [2.75, 3.05) is 48.4 Å². The number of thiazole rings is 2. The average Bonchev–Trinajstić information content (AvgIpc) is 0.833. The number of aromatic amines is 2. The number of fused-ring (bicyclic) bond motifs is 2. The number of nitrogen functional groups attached to an aromatic ring is 2. The van der Waals surface area contributed by atoms with E-state index in [0.29, 0.717) is 21.6 Å². The molecule has 8 heterocycles. The van der Waals surface area contributed by atoms with Gasteiger partial charge in [0.15, 0.2) is 33.3 Å². The smallest absolute Gasteiger partial charge is 0.418 e. The number of amides is 2. The van der Waals surface area contributed by atoms with Crippen molar-refractivity contribution >= 4 is 122 Å². The Labute approximate surface area is 530 Å². The van der Waals surface area contributed by atoms with Crippen LogP contribution in [0.2, 0.25) is 0 Å². The van der Waals surface area contributed by atoms with Crippen molar-refractivity contribution in [1.82, 2.24) is 71.3 Å². The van der Waals surface area contributed by atoms with Gasteiger partial charge >= 0.3 is 20.8 Å². The summed E-state index contributed by atoms with van der Waals surface area (Å²) in [5.41, 5.74) is 8.72. The molecule has 2 amide bonds. The highest BCUT2D eigenvalue weighted by Crippen LogP contribution is 2.42. The maximum absolute atomic E-state index is 13.5. The number of H-pyrrole nitrogens is 2. The third-order valence-electron chi connectivity index (χ3n) is 14.1. The van der Waals surface area contributed by atoms with Crippen molar-refractivity contribution in [3.63, 3.8) is 0 Å². The minimum Gasteiger partial charge on any atom is -0.489 e. The number of rotatable bonds is 30. The van der Waals surface area contributed by atoms with Crippen molar-refractivity contribution in [2.45, 2.75) is 90.5 Å². The number of hydroxylamine groups is 4. The molecular weight excluding hydrogens is 1290 g/mol. The van der Waals surface area contributed by atoms with Crippen molar-refractivity contribution in [3.8, 4) is 11.5 Å². The van der Waals surface area contributed by atoms with Gasteiger partial charge < -0.3 is 41.2 Å². The van der Waals surface area contributed by atoms with E-state index >= 15 is 0 Å². The van der Waals surface area contributed by atoms with E-state index in [2.05, 4.69) is 105 Å². The van der Waals surface area contributed by atoms with E-state index in [9.17, 15) is 36.0 Å². The Morgan fingerprint density at radius 2 is 1.07 bits per heavy atom. The molecule has 6 aromatic heterocycles. The van der Waals surface area contributed by atoms with E-state index in [1.54, 1.807) is 24.5 Å². The van der Waals surface area contributed by atoms with Crippen LogP contribution in [0, 0.1) is 11.8 Å². The predicted molar refractivity (Wildman–Crippen MR) is 328 cm³/mol. The van der Waals surface area contributed by atoms with Gasteiger partial charge in [-0.05, 0) is 99.8 Å². The largest absolute Gasteiger partial charge is 0.489 e. The van der Waals surface area contributed by atoms with Gasteiger partial charge in [0.2, 0.25) is 23.9 Å². The van der Waals surface area contributed by atoms with Gasteiger partial charge in [0, 0.05) is 59.9 Å². The second-order valence-electron chi connectivity index (χ2n) is 21.2. The molecule has 2 aliphatic rings. The fourth-order valence-electron chi connectivity index (χ4n) is 9.32. The zero-order valence-corrected chi connectivity index (χ0v) is 52.8. The van der Waals surface area contributed by atoms with Crippen molar-refractivity contribution in [2.24, 2.45) is 22.1 Å². The highest BCUT2D eigenvalue weighted by atomic mass is 32.3. The lowest BCUT2D eigenvalue weighted by molar-refractivity contribution is -0.228. The van der Waals surface area contributed by atoms with E-state index in [-0.39, 0.29) is 57.9 Å². The first kappa shape index (κ1) is 66.8. The number of oxime groups is 2. The first-order chi connectivity index (χ1) is 43.7. The number of hydrogen-bond donors (Lipinski definition) is 8. The van der Waals surface area contributed by atoms with Gasteiger partial charge in [0.05, 0.1) is 22.9 Å². The lowest BCUT2D eigenvalue weighted by Crippen LogP contribution is -2.68. The van der Waals surface area contributed by atoms with E-state index in [1.807, 2.05) is 36.4 Å². The molecule has 0 radical (unpaired) electrons. The number of ketones is 2. The number of ether oxygens (including phenoxy) is 2. The molecule has 4 atom stereocenters. The molecule has 40 heteroatoms. The number of hydrogen-bond acceptors (Lipinski definition) is 32. The van der Waals surface area contributed by atoms with Crippen LogP contribution in [-0.4, -0.2) is 169 Å². The summed E-state index contributed by atoms with van der Waals surface area (Å²) in [4.78, 5) is 80.9. The maximum atomic E-state index is 13.5. The van der Waals surface area contributed by atoms with Gasteiger partial charge in [-0.2, -0.15) is 37.4 Å². The summed E-state index contributed by atoms with van der Waals surface area (Å²) in [6, 6.07) is 14.7. The molecule has 8 aromatic rings. The van der Waals surface area contributed by atoms with Gasteiger partial charge in [-0.25, -0.2) is 19.9 Å². The van der Waals surface area contributed by atoms with Crippen LogP contribution in [0.4, 0.5) is 21.9 Å². The standard InChI is InChI=1S/2C26H30N10O8S2/c2*1-4-8-28-22-16-6-5-15(10-14(16)7-9-29-22)42-12-20(23-31-34-35-32-23)43-33-21(18-13-45-25(27)30-18)19(37)11-17-24(38)36(26(17,2)3)44-46(39,40)41/h2*5-7,9-10,13,17,20H,4,8,11-12H2,1-3H3,(H2,27,30)(H,28,29)(H,39,40,41)(H,31,32,34,35)/b2*33-21-/t2*17?,20-/m10/s1. The number of carbonyl (C=O) groups excluding carboxylic acids is 4. The first-order valence-electron chi connectivity index (χ1n) is 27.7. The Bertz CT molecular complexity index is 4000.